The SMILES string of the molecule is COc1c(C)cnc(COC(=O)N(c2cccc(SC)c2)C(C)(C)C)c1C. The molecule has 0 fully saturated rings. The first-order valence-corrected chi connectivity index (χ1v) is 10.0. The number of pyridine rings is 1. The molecule has 27 heavy (non-hydrogen) atoms. The van der Waals surface area contributed by atoms with Crippen LogP contribution in [0.1, 0.15) is 37.6 Å². The predicted molar refractivity (Wildman–Crippen MR) is 111 cm³/mol. The number of methoxy groups -OCH3 is 1. The number of nitrogens with zero attached hydrogens (tertiary/aromatic N) is 2. The van der Waals surface area contributed by atoms with Gasteiger partial charge in [0.25, 0.3) is 0 Å². The van der Waals surface area contributed by atoms with Crippen molar-refractivity contribution in [3.63, 3.8) is 0 Å². The zero-order valence-corrected chi connectivity index (χ0v) is 17.9. The van der Waals surface area contributed by atoms with Crippen molar-refractivity contribution in [1.29, 1.82) is 0 Å². The molecule has 0 radical (unpaired) electrons. The predicted octanol–water partition coefficient (Wildman–Crippen LogP) is 5.37. The van der Waals surface area contributed by atoms with Gasteiger partial charge in [0, 0.05) is 33.4 Å². The molecule has 0 aliphatic heterocycles. The fourth-order valence-electron chi connectivity index (χ4n) is 2.93. The number of carbonyl (C=O) groups excluding carboxylic acids is 1. The van der Waals surface area contributed by atoms with Gasteiger partial charge in [-0.25, -0.2) is 4.79 Å². The Balaban J connectivity index is 2.25. The summed E-state index contributed by atoms with van der Waals surface area (Å²) >= 11 is 1.64. The van der Waals surface area contributed by atoms with Gasteiger partial charge in [0.15, 0.2) is 0 Å². The molecule has 0 saturated carbocycles. The summed E-state index contributed by atoms with van der Waals surface area (Å²) in [7, 11) is 1.63. The Hall–Kier alpha value is -2.21. The number of carbonyl (C=O) groups is 1. The molecule has 1 heterocycles. The first-order valence-electron chi connectivity index (χ1n) is 8.79. The van der Waals surface area contributed by atoms with E-state index in [0.29, 0.717) is 5.69 Å². The lowest BCUT2D eigenvalue weighted by Gasteiger charge is -2.35. The highest BCUT2D eigenvalue weighted by Gasteiger charge is 2.30. The number of hydrogen-bond acceptors (Lipinski definition) is 5. The minimum atomic E-state index is -0.429. The van der Waals surface area contributed by atoms with Crippen LogP contribution in [0.3, 0.4) is 0 Å². The van der Waals surface area contributed by atoms with E-state index in [2.05, 4.69) is 4.98 Å². The van der Waals surface area contributed by atoms with Gasteiger partial charge in [0.1, 0.15) is 12.4 Å². The van der Waals surface area contributed by atoms with Crippen LogP contribution in [0.2, 0.25) is 0 Å². The molecular formula is C21H28N2O3S. The van der Waals surface area contributed by atoms with E-state index in [1.165, 1.54) is 0 Å². The largest absolute Gasteiger partial charge is 0.496 e. The molecule has 0 aliphatic rings. The van der Waals surface area contributed by atoms with E-state index in [1.807, 2.05) is 65.1 Å². The van der Waals surface area contributed by atoms with E-state index in [4.69, 9.17) is 9.47 Å². The third-order valence-corrected chi connectivity index (χ3v) is 4.97. The van der Waals surface area contributed by atoms with Crippen molar-refractivity contribution < 1.29 is 14.3 Å². The van der Waals surface area contributed by atoms with Gasteiger partial charge in [0.05, 0.1) is 12.8 Å². The molecule has 1 aromatic carbocycles. The van der Waals surface area contributed by atoms with Gasteiger partial charge in [-0.05, 0) is 59.1 Å². The van der Waals surface area contributed by atoms with Gasteiger partial charge in [-0.2, -0.15) is 0 Å². The van der Waals surface area contributed by atoms with Crippen LogP contribution in [0.5, 0.6) is 5.75 Å². The monoisotopic (exact) mass is 388 g/mol. The number of aryl methyl sites for hydroxylation is 1. The topological polar surface area (TPSA) is 51.7 Å². The number of anilines is 1. The molecule has 0 N–H and O–H groups in total. The van der Waals surface area contributed by atoms with E-state index in [-0.39, 0.29) is 6.61 Å². The molecule has 0 atom stereocenters. The third kappa shape index (κ3) is 4.95. The molecule has 1 aromatic heterocycles. The Kier molecular flexibility index (Phi) is 6.76. The Bertz CT molecular complexity index is 816. The summed E-state index contributed by atoms with van der Waals surface area (Å²) in [6, 6.07) is 7.89. The van der Waals surface area contributed by atoms with Crippen LogP contribution in [0.4, 0.5) is 10.5 Å². The fraction of sp³-hybridized carbons (Fsp3) is 0.429. The van der Waals surface area contributed by atoms with E-state index < -0.39 is 11.6 Å². The van der Waals surface area contributed by atoms with Crippen molar-refractivity contribution in [2.75, 3.05) is 18.3 Å². The lowest BCUT2D eigenvalue weighted by molar-refractivity contribution is 0.140. The van der Waals surface area contributed by atoms with Gasteiger partial charge >= 0.3 is 6.09 Å². The highest BCUT2D eigenvalue weighted by atomic mass is 32.2. The van der Waals surface area contributed by atoms with E-state index in [1.54, 1.807) is 30.0 Å². The van der Waals surface area contributed by atoms with Crippen molar-refractivity contribution in [3.8, 4) is 5.75 Å². The van der Waals surface area contributed by atoms with Gasteiger partial charge in [-0.15, -0.1) is 11.8 Å². The molecule has 2 rings (SSSR count). The summed E-state index contributed by atoms with van der Waals surface area (Å²) in [5.41, 5.74) is 2.91. The second-order valence-electron chi connectivity index (χ2n) is 7.31. The molecule has 6 heteroatoms. The number of aromatic nitrogens is 1. The zero-order chi connectivity index (χ0) is 20.2. The molecule has 1 amide bonds. The molecule has 0 spiro atoms. The van der Waals surface area contributed by atoms with Crippen molar-refractivity contribution in [2.24, 2.45) is 0 Å². The average Bonchev–Trinajstić information content (AvgIpc) is 2.60. The maximum absolute atomic E-state index is 12.9. The highest BCUT2D eigenvalue weighted by molar-refractivity contribution is 7.98. The van der Waals surface area contributed by atoms with Crippen molar-refractivity contribution in [2.45, 2.75) is 51.7 Å². The molecule has 0 unspecified atom stereocenters. The fourth-order valence-corrected chi connectivity index (χ4v) is 3.38. The van der Waals surface area contributed by atoms with Crippen LogP contribution in [0.15, 0.2) is 35.4 Å². The number of ether oxygens (including phenoxy) is 2. The van der Waals surface area contributed by atoms with Gasteiger partial charge in [0.2, 0.25) is 0 Å². The van der Waals surface area contributed by atoms with Crippen LogP contribution in [-0.2, 0) is 11.3 Å². The van der Waals surface area contributed by atoms with Crippen LogP contribution in [0, 0.1) is 13.8 Å². The second-order valence-corrected chi connectivity index (χ2v) is 8.19. The number of thioether (sulfide) groups is 1. The van der Waals surface area contributed by atoms with Crippen LogP contribution >= 0.6 is 11.8 Å². The minimum Gasteiger partial charge on any atom is -0.496 e. The van der Waals surface area contributed by atoms with Gasteiger partial charge in [-0.1, -0.05) is 6.07 Å². The smallest absolute Gasteiger partial charge is 0.415 e. The lowest BCUT2D eigenvalue weighted by atomic mass is 10.1. The summed E-state index contributed by atoms with van der Waals surface area (Å²) in [6.07, 6.45) is 3.35. The highest BCUT2D eigenvalue weighted by Crippen LogP contribution is 2.29. The second kappa shape index (κ2) is 8.65. The van der Waals surface area contributed by atoms with Crippen LogP contribution in [0.25, 0.3) is 0 Å². The summed E-state index contributed by atoms with van der Waals surface area (Å²) < 4.78 is 11.1. The summed E-state index contributed by atoms with van der Waals surface area (Å²) in [5, 5.41) is 0. The van der Waals surface area contributed by atoms with E-state index >= 15 is 0 Å². The number of benzene rings is 1. The third-order valence-electron chi connectivity index (χ3n) is 4.25. The lowest BCUT2D eigenvalue weighted by Crippen LogP contribution is -2.46. The Morgan fingerprint density at radius 2 is 1.96 bits per heavy atom. The minimum absolute atomic E-state index is 0.0934. The Labute approximate surface area is 166 Å². The quantitative estimate of drug-likeness (QED) is 0.645. The van der Waals surface area contributed by atoms with Crippen LogP contribution < -0.4 is 9.64 Å². The zero-order valence-electron chi connectivity index (χ0n) is 17.1. The van der Waals surface area contributed by atoms with Crippen molar-refractivity contribution >= 4 is 23.5 Å². The number of hydrogen-bond donors (Lipinski definition) is 0. The average molecular weight is 389 g/mol. The number of rotatable bonds is 5. The molecule has 0 saturated heterocycles. The summed E-state index contributed by atoms with van der Waals surface area (Å²) in [4.78, 5) is 20.1. The molecule has 0 bridgehead atoms. The van der Waals surface area contributed by atoms with Gasteiger partial charge in [-0.3, -0.25) is 9.88 Å². The Morgan fingerprint density at radius 1 is 1.26 bits per heavy atom. The van der Waals surface area contributed by atoms with E-state index in [9.17, 15) is 4.79 Å². The van der Waals surface area contributed by atoms with Crippen molar-refractivity contribution in [3.05, 3.63) is 47.3 Å². The van der Waals surface area contributed by atoms with E-state index in [0.717, 1.165) is 27.5 Å². The maximum atomic E-state index is 12.9. The maximum Gasteiger partial charge on any atom is 0.415 e. The summed E-state index contributed by atoms with van der Waals surface area (Å²) in [6.45, 7) is 9.91. The standard InChI is InChI=1S/C21H28N2O3S/c1-14-12-22-18(15(2)19(14)25-6)13-26-20(24)23(21(3,4)5)16-9-8-10-17(11-16)27-7/h8-12H,13H2,1-7H3. The Morgan fingerprint density at radius 3 is 2.56 bits per heavy atom. The molecule has 2 aromatic rings. The molecule has 5 nitrogen and oxygen atoms in total. The van der Waals surface area contributed by atoms with Gasteiger partial charge < -0.3 is 9.47 Å². The van der Waals surface area contributed by atoms with Crippen LogP contribution in [-0.4, -0.2) is 30.0 Å². The summed E-state index contributed by atoms with van der Waals surface area (Å²) in [5.74, 6) is 0.774. The molecule has 0 aliphatic carbocycles. The van der Waals surface area contributed by atoms with Crippen molar-refractivity contribution in [1.82, 2.24) is 4.98 Å². The normalized spacial score (nSPS) is 11.2. The number of amides is 1. The molecule has 146 valence electrons. The first kappa shape index (κ1) is 21.1. The first-order chi connectivity index (χ1) is 12.7. The molecular weight excluding hydrogens is 360 g/mol.